The molecule has 2 aliphatic rings. The lowest BCUT2D eigenvalue weighted by Crippen LogP contribution is -2.50. The van der Waals surface area contributed by atoms with Crippen molar-refractivity contribution in [1.82, 2.24) is 25.4 Å². The summed E-state index contributed by atoms with van der Waals surface area (Å²) in [6.07, 6.45) is 6.57. The van der Waals surface area contributed by atoms with Gasteiger partial charge in [0.2, 0.25) is 5.91 Å². The molecule has 3 rings (SSSR count). The summed E-state index contributed by atoms with van der Waals surface area (Å²) in [6, 6.07) is 0. The van der Waals surface area contributed by atoms with Crippen molar-refractivity contribution >= 4 is 23.2 Å². The van der Waals surface area contributed by atoms with Gasteiger partial charge >= 0.3 is 0 Å². The van der Waals surface area contributed by atoms with Crippen LogP contribution in [-0.4, -0.2) is 74.0 Å². The molecular weight excluding hydrogens is 396 g/mol. The van der Waals surface area contributed by atoms with E-state index in [4.69, 9.17) is 0 Å². The minimum absolute atomic E-state index is 0.241. The van der Waals surface area contributed by atoms with Crippen LogP contribution in [0.5, 0.6) is 0 Å². The Kier molecular flexibility index (Phi) is 8.11. The summed E-state index contributed by atoms with van der Waals surface area (Å²) in [7, 11) is 5.53. The fourth-order valence-corrected chi connectivity index (χ4v) is 5.37. The van der Waals surface area contributed by atoms with Gasteiger partial charge in [0, 0.05) is 46.2 Å². The Morgan fingerprint density at radius 2 is 2.00 bits per heavy atom. The molecule has 0 spiro atoms. The lowest BCUT2D eigenvalue weighted by molar-refractivity contribution is -0.138. The zero-order chi connectivity index (χ0) is 21.6. The van der Waals surface area contributed by atoms with E-state index in [1.54, 1.807) is 16.2 Å². The minimum Gasteiger partial charge on any atom is -0.356 e. The quantitative estimate of drug-likeness (QED) is 0.510. The van der Waals surface area contributed by atoms with Crippen LogP contribution in [0, 0.1) is 18.3 Å². The second kappa shape index (κ2) is 10.6. The summed E-state index contributed by atoms with van der Waals surface area (Å²) < 4.78 is 0. The fraction of sp³-hybridized carbons (Fsp3) is 0.773. The Labute approximate surface area is 185 Å². The first-order chi connectivity index (χ1) is 14.4. The van der Waals surface area contributed by atoms with E-state index in [1.807, 2.05) is 21.1 Å². The number of likely N-dealkylation sites (tertiary alicyclic amines) is 1. The molecule has 1 saturated heterocycles. The Bertz CT molecular complexity index is 717. The SMILES string of the molecule is CN=C(NCC1CCN(Cc2csc(C)n2)CC1)NCC1(C(=O)N(C)C)CCCC1. The third-order valence-corrected chi connectivity index (χ3v) is 7.38. The lowest BCUT2D eigenvalue weighted by Gasteiger charge is -2.33. The maximum atomic E-state index is 12.8. The number of aromatic nitrogens is 1. The normalized spacial score (nSPS) is 20.3. The van der Waals surface area contributed by atoms with E-state index in [1.165, 1.54) is 18.5 Å². The highest BCUT2D eigenvalue weighted by atomic mass is 32.1. The Balaban J connectivity index is 1.41. The largest absolute Gasteiger partial charge is 0.356 e. The number of aryl methyl sites for hydroxylation is 1. The van der Waals surface area contributed by atoms with E-state index < -0.39 is 0 Å². The predicted molar refractivity (Wildman–Crippen MR) is 124 cm³/mol. The van der Waals surface area contributed by atoms with Crippen LogP contribution in [0.4, 0.5) is 0 Å². The van der Waals surface area contributed by atoms with Gasteiger partial charge in [-0.3, -0.25) is 14.7 Å². The highest BCUT2D eigenvalue weighted by Crippen LogP contribution is 2.38. The smallest absolute Gasteiger partial charge is 0.230 e. The summed E-state index contributed by atoms with van der Waals surface area (Å²) >= 11 is 1.73. The van der Waals surface area contributed by atoms with Crippen molar-refractivity contribution in [2.45, 2.75) is 52.0 Å². The number of piperidine rings is 1. The van der Waals surface area contributed by atoms with Crippen LogP contribution in [0.2, 0.25) is 0 Å². The van der Waals surface area contributed by atoms with Crippen molar-refractivity contribution in [3.8, 4) is 0 Å². The van der Waals surface area contributed by atoms with Gasteiger partial charge in [-0.05, 0) is 51.6 Å². The number of nitrogens with zero attached hydrogens (tertiary/aromatic N) is 4. The zero-order valence-corrected chi connectivity index (χ0v) is 19.9. The summed E-state index contributed by atoms with van der Waals surface area (Å²) in [6.45, 7) is 6.87. The monoisotopic (exact) mass is 434 g/mol. The third kappa shape index (κ3) is 5.94. The number of aliphatic imine (C=N–C) groups is 1. The number of hydrogen-bond acceptors (Lipinski definition) is 5. The first-order valence-electron chi connectivity index (χ1n) is 11.2. The molecule has 1 amide bonds. The Hall–Kier alpha value is -1.67. The molecule has 0 bridgehead atoms. The molecule has 0 unspecified atom stereocenters. The molecule has 1 aliphatic carbocycles. The van der Waals surface area contributed by atoms with Crippen LogP contribution in [0.15, 0.2) is 10.4 Å². The van der Waals surface area contributed by atoms with Gasteiger partial charge in [0.05, 0.1) is 16.1 Å². The zero-order valence-electron chi connectivity index (χ0n) is 19.0. The highest BCUT2D eigenvalue weighted by Gasteiger charge is 2.42. The van der Waals surface area contributed by atoms with E-state index in [-0.39, 0.29) is 11.3 Å². The molecule has 8 heteroatoms. The Morgan fingerprint density at radius 3 is 2.57 bits per heavy atom. The molecule has 0 aromatic carbocycles. The number of guanidine groups is 1. The van der Waals surface area contributed by atoms with Crippen LogP contribution in [0.3, 0.4) is 0 Å². The molecule has 1 saturated carbocycles. The molecule has 1 aliphatic heterocycles. The van der Waals surface area contributed by atoms with Gasteiger partial charge in [-0.2, -0.15) is 0 Å². The molecule has 1 aromatic rings. The fourth-order valence-electron chi connectivity index (χ4n) is 4.77. The van der Waals surface area contributed by atoms with E-state index in [0.717, 1.165) is 62.8 Å². The molecule has 1 aromatic heterocycles. The molecule has 168 valence electrons. The highest BCUT2D eigenvalue weighted by molar-refractivity contribution is 7.09. The number of carbonyl (C=O) groups is 1. The molecule has 0 radical (unpaired) electrons. The van der Waals surface area contributed by atoms with Crippen molar-refractivity contribution < 1.29 is 4.79 Å². The topological polar surface area (TPSA) is 72.9 Å². The second-order valence-electron chi connectivity index (χ2n) is 9.07. The molecule has 2 fully saturated rings. The van der Waals surface area contributed by atoms with Gasteiger partial charge < -0.3 is 15.5 Å². The van der Waals surface area contributed by atoms with Crippen LogP contribution in [-0.2, 0) is 11.3 Å². The van der Waals surface area contributed by atoms with Gasteiger partial charge in [-0.1, -0.05) is 12.8 Å². The van der Waals surface area contributed by atoms with E-state index in [9.17, 15) is 4.79 Å². The summed E-state index contributed by atoms with van der Waals surface area (Å²) in [5, 5.41) is 10.3. The van der Waals surface area contributed by atoms with Crippen LogP contribution in [0.1, 0.15) is 49.2 Å². The Morgan fingerprint density at radius 1 is 1.30 bits per heavy atom. The molecule has 2 heterocycles. The number of rotatable bonds is 7. The van der Waals surface area contributed by atoms with Crippen molar-refractivity contribution in [2.24, 2.45) is 16.3 Å². The number of nitrogens with one attached hydrogen (secondary N) is 2. The van der Waals surface area contributed by atoms with Gasteiger partial charge in [-0.25, -0.2) is 4.98 Å². The number of amides is 1. The maximum absolute atomic E-state index is 12.8. The minimum atomic E-state index is -0.277. The van der Waals surface area contributed by atoms with Gasteiger partial charge in [-0.15, -0.1) is 11.3 Å². The molecule has 7 nitrogen and oxygen atoms in total. The molecule has 2 N–H and O–H groups in total. The first kappa shape index (κ1) is 23.0. The summed E-state index contributed by atoms with van der Waals surface area (Å²) in [4.78, 5) is 26.0. The summed E-state index contributed by atoms with van der Waals surface area (Å²) in [5.74, 6) is 1.71. The average molecular weight is 435 g/mol. The second-order valence-corrected chi connectivity index (χ2v) is 10.1. The van der Waals surface area contributed by atoms with Crippen LogP contribution < -0.4 is 10.6 Å². The van der Waals surface area contributed by atoms with E-state index in [0.29, 0.717) is 12.5 Å². The van der Waals surface area contributed by atoms with E-state index >= 15 is 0 Å². The number of hydrogen-bond donors (Lipinski definition) is 2. The first-order valence-corrected chi connectivity index (χ1v) is 12.1. The standard InChI is InChI=1S/C22H38N6OS/c1-17-26-19(15-30-17)14-28-11-7-18(8-12-28)13-24-21(23-2)25-16-22(9-5-6-10-22)20(29)27(3)4/h15,18H,5-14,16H2,1-4H3,(H2,23,24,25). The average Bonchev–Trinajstić information content (AvgIpc) is 3.38. The van der Waals surface area contributed by atoms with Crippen molar-refractivity contribution in [1.29, 1.82) is 0 Å². The third-order valence-electron chi connectivity index (χ3n) is 6.56. The van der Waals surface area contributed by atoms with Crippen molar-refractivity contribution in [2.75, 3.05) is 47.3 Å². The van der Waals surface area contributed by atoms with Gasteiger partial charge in [0.15, 0.2) is 5.96 Å². The molecule has 30 heavy (non-hydrogen) atoms. The molecular formula is C22H38N6OS. The van der Waals surface area contributed by atoms with Gasteiger partial charge in [0.25, 0.3) is 0 Å². The number of thiazole rings is 1. The van der Waals surface area contributed by atoms with Crippen molar-refractivity contribution in [3.05, 3.63) is 16.1 Å². The molecule has 0 atom stereocenters. The maximum Gasteiger partial charge on any atom is 0.230 e. The van der Waals surface area contributed by atoms with E-state index in [2.05, 4.69) is 37.8 Å². The van der Waals surface area contributed by atoms with Crippen LogP contribution >= 0.6 is 11.3 Å². The number of carbonyl (C=O) groups excluding carboxylic acids is 1. The van der Waals surface area contributed by atoms with Crippen molar-refractivity contribution in [3.63, 3.8) is 0 Å². The van der Waals surface area contributed by atoms with Crippen LogP contribution in [0.25, 0.3) is 0 Å². The van der Waals surface area contributed by atoms with Gasteiger partial charge in [0.1, 0.15) is 0 Å². The lowest BCUT2D eigenvalue weighted by atomic mass is 9.84. The predicted octanol–water partition coefficient (Wildman–Crippen LogP) is 2.48. The summed E-state index contributed by atoms with van der Waals surface area (Å²) in [5.41, 5.74) is 0.923.